The Morgan fingerprint density at radius 2 is 1.83 bits per heavy atom. The van der Waals surface area contributed by atoms with Crippen molar-refractivity contribution in [2.45, 2.75) is 31.7 Å². The number of carbonyl (C=O) groups is 1. The number of rotatable bonds is 7. The lowest BCUT2D eigenvalue weighted by atomic mass is 10.1. The number of aromatic nitrogens is 1. The molecule has 1 heterocycles. The fourth-order valence-electron chi connectivity index (χ4n) is 2.94. The van der Waals surface area contributed by atoms with Gasteiger partial charge >= 0.3 is 0 Å². The van der Waals surface area contributed by atoms with E-state index < -0.39 is 15.7 Å². The number of methoxy groups -OCH3 is 1. The molecule has 3 rings (SSSR count). The summed E-state index contributed by atoms with van der Waals surface area (Å²) in [5, 5.41) is 0. The monoisotopic (exact) mass is 432 g/mol. The summed E-state index contributed by atoms with van der Waals surface area (Å²) in [6, 6.07) is 12.3. The van der Waals surface area contributed by atoms with Gasteiger partial charge in [0.15, 0.2) is 14.6 Å². The van der Waals surface area contributed by atoms with Crippen molar-refractivity contribution in [3.05, 3.63) is 58.4 Å². The molecule has 6 nitrogen and oxygen atoms in total. The van der Waals surface area contributed by atoms with Crippen LogP contribution in [0.25, 0.3) is 10.2 Å². The van der Waals surface area contributed by atoms with Gasteiger partial charge in [0.2, 0.25) is 5.91 Å². The molecule has 0 saturated heterocycles. The molecule has 0 atom stereocenters. The van der Waals surface area contributed by atoms with Crippen molar-refractivity contribution in [3.63, 3.8) is 0 Å². The van der Waals surface area contributed by atoms with E-state index in [0.717, 1.165) is 15.8 Å². The van der Waals surface area contributed by atoms with Gasteiger partial charge in [0.25, 0.3) is 0 Å². The first-order valence-electron chi connectivity index (χ1n) is 9.27. The van der Waals surface area contributed by atoms with E-state index in [0.29, 0.717) is 18.0 Å². The van der Waals surface area contributed by atoms with Crippen LogP contribution in [0.15, 0.2) is 52.4 Å². The Morgan fingerprint density at radius 3 is 2.52 bits per heavy atom. The van der Waals surface area contributed by atoms with E-state index in [-0.39, 0.29) is 17.1 Å². The van der Waals surface area contributed by atoms with E-state index in [1.54, 1.807) is 25.3 Å². The number of nitrogens with zero attached hydrogens (tertiary/aromatic N) is 2. The average Bonchev–Trinajstić information content (AvgIpc) is 3.01. The molecule has 0 N–H and O–H groups in total. The lowest BCUT2D eigenvalue weighted by molar-refractivity contribution is -0.117. The summed E-state index contributed by atoms with van der Waals surface area (Å²) in [6.45, 7) is 5.14. The minimum atomic E-state index is -3.51. The van der Waals surface area contributed by atoms with Gasteiger partial charge < -0.3 is 9.30 Å². The Balaban J connectivity index is 1.89. The van der Waals surface area contributed by atoms with Crippen LogP contribution in [-0.4, -0.2) is 38.4 Å². The van der Waals surface area contributed by atoms with E-state index in [9.17, 15) is 13.2 Å². The van der Waals surface area contributed by atoms with Gasteiger partial charge in [0.1, 0.15) is 0 Å². The van der Waals surface area contributed by atoms with E-state index >= 15 is 0 Å². The standard InChI is InChI=1S/C21H24N2O4S2/c1-15-13-18-19(14-16(15)2)28-21(23(18)10-11-27-3)22-20(24)9-12-29(25,26)17-7-5-4-6-8-17/h4-8,13-14H,9-12H2,1-3H3. The largest absolute Gasteiger partial charge is 0.383 e. The second kappa shape index (κ2) is 9.02. The Kier molecular flexibility index (Phi) is 6.66. The van der Waals surface area contributed by atoms with Crippen LogP contribution in [0.2, 0.25) is 0 Å². The van der Waals surface area contributed by atoms with Crippen molar-refractivity contribution < 1.29 is 17.9 Å². The van der Waals surface area contributed by atoms with Crippen molar-refractivity contribution in [2.24, 2.45) is 4.99 Å². The molecule has 1 aromatic heterocycles. The minimum Gasteiger partial charge on any atom is -0.383 e. The number of benzene rings is 2. The average molecular weight is 433 g/mol. The molecule has 3 aromatic rings. The van der Waals surface area contributed by atoms with Gasteiger partial charge in [0.05, 0.1) is 27.5 Å². The first-order valence-corrected chi connectivity index (χ1v) is 11.7. The second-order valence-electron chi connectivity index (χ2n) is 6.82. The van der Waals surface area contributed by atoms with Crippen LogP contribution in [-0.2, 0) is 25.9 Å². The third kappa shape index (κ3) is 5.01. The fourth-order valence-corrected chi connectivity index (χ4v) is 5.34. The highest BCUT2D eigenvalue weighted by molar-refractivity contribution is 7.91. The maximum Gasteiger partial charge on any atom is 0.249 e. The summed E-state index contributed by atoms with van der Waals surface area (Å²) >= 11 is 1.43. The number of carbonyl (C=O) groups excluding carboxylic acids is 1. The summed E-state index contributed by atoms with van der Waals surface area (Å²) in [7, 11) is -1.89. The third-order valence-corrected chi connectivity index (χ3v) is 7.50. The summed E-state index contributed by atoms with van der Waals surface area (Å²) in [4.78, 5) is 17.5. The molecule has 2 aromatic carbocycles. The molecule has 1 amide bonds. The maximum absolute atomic E-state index is 12.5. The Bertz CT molecular complexity index is 1190. The van der Waals surface area contributed by atoms with Crippen molar-refractivity contribution in [2.75, 3.05) is 19.5 Å². The van der Waals surface area contributed by atoms with Crippen LogP contribution in [0.4, 0.5) is 0 Å². The van der Waals surface area contributed by atoms with Gasteiger partial charge in [-0.1, -0.05) is 29.5 Å². The predicted molar refractivity (Wildman–Crippen MR) is 115 cm³/mol. The van der Waals surface area contributed by atoms with E-state index in [1.807, 2.05) is 18.4 Å². The van der Waals surface area contributed by atoms with Gasteiger partial charge in [-0.3, -0.25) is 4.79 Å². The number of sulfone groups is 1. The first-order chi connectivity index (χ1) is 13.8. The summed E-state index contributed by atoms with van der Waals surface area (Å²) in [5.74, 6) is -0.712. The number of thiazole rings is 1. The molecular formula is C21H24N2O4S2. The smallest absolute Gasteiger partial charge is 0.249 e. The van der Waals surface area contributed by atoms with E-state index in [2.05, 4.69) is 17.1 Å². The predicted octanol–water partition coefficient (Wildman–Crippen LogP) is 3.26. The fraction of sp³-hybridized carbons (Fsp3) is 0.333. The van der Waals surface area contributed by atoms with Crippen LogP contribution < -0.4 is 4.80 Å². The zero-order chi connectivity index (χ0) is 21.0. The third-order valence-electron chi connectivity index (χ3n) is 4.72. The van der Waals surface area contributed by atoms with Crippen LogP contribution in [0.3, 0.4) is 0 Å². The SMILES string of the molecule is COCCn1c(=NC(=O)CCS(=O)(=O)c2ccccc2)sc2cc(C)c(C)cc21. The van der Waals surface area contributed by atoms with Crippen molar-refractivity contribution >= 4 is 37.3 Å². The van der Waals surface area contributed by atoms with Crippen LogP contribution >= 0.6 is 11.3 Å². The van der Waals surface area contributed by atoms with Crippen LogP contribution in [0.5, 0.6) is 0 Å². The highest BCUT2D eigenvalue weighted by Gasteiger charge is 2.16. The quantitative estimate of drug-likeness (QED) is 0.574. The molecule has 0 aliphatic rings. The van der Waals surface area contributed by atoms with Crippen LogP contribution in [0, 0.1) is 13.8 Å². The summed E-state index contributed by atoms with van der Waals surface area (Å²) in [6.07, 6.45) is -0.159. The highest BCUT2D eigenvalue weighted by Crippen LogP contribution is 2.22. The molecule has 154 valence electrons. The molecule has 0 bridgehead atoms. The molecule has 0 aliphatic carbocycles. The Labute approximate surface area is 174 Å². The lowest BCUT2D eigenvalue weighted by Crippen LogP contribution is -2.20. The molecule has 0 radical (unpaired) electrons. The number of amides is 1. The molecule has 0 unspecified atom stereocenters. The number of aryl methyl sites for hydroxylation is 2. The molecule has 29 heavy (non-hydrogen) atoms. The maximum atomic E-state index is 12.5. The van der Waals surface area contributed by atoms with Gasteiger partial charge in [-0.05, 0) is 49.2 Å². The molecule has 8 heteroatoms. The van der Waals surface area contributed by atoms with Crippen molar-refractivity contribution in [1.29, 1.82) is 0 Å². The number of ether oxygens (including phenoxy) is 1. The van der Waals surface area contributed by atoms with Crippen molar-refractivity contribution in [3.8, 4) is 0 Å². The number of hydrogen-bond donors (Lipinski definition) is 0. The van der Waals surface area contributed by atoms with Gasteiger partial charge in [0, 0.05) is 20.1 Å². The zero-order valence-corrected chi connectivity index (χ0v) is 18.3. The van der Waals surface area contributed by atoms with Crippen molar-refractivity contribution in [1.82, 2.24) is 4.57 Å². The van der Waals surface area contributed by atoms with E-state index in [4.69, 9.17) is 4.74 Å². The minimum absolute atomic E-state index is 0.159. The molecule has 0 saturated carbocycles. The summed E-state index contributed by atoms with van der Waals surface area (Å²) < 4.78 is 33.0. The Hall–Kier alpha value is -2.29. The first kappa shape index (κ1) is 21.4. The van der Waals surface area contributed by atoms with E-state index in [1.165, 1.54) is 29.0 Å². The van der Waals surface area contributed by atoms with Gasteiger partial charge in [-0.15, -0.1) is 0 Å². The number of hydrogen-bond acceptors (Lipinski definition) is 5. The molecule has 0 fully saturated rings. The second-order valence-corrected chi connectivity index (χ2v) is 9.94. The number of fused-ring (bicyclic) bond motifs is 1. The summed E-state index contributed by atoms with van der Waals surface area (Å²) in [5.41, 5.74) is 3.33. The lowest BCUT2D eigenvalue weighted by Gasteiger charge is -2.06. The van der Waals surface area contributed by atoms with Gasteiger partial charge in [-0.25, -0.2) is 8.42 Å². The molecule has 0 spiro atoms. The van der Waals surface area contributed by atoms with Gasteiger partial charge in [-0.2, -0.15) is 4.99 Å². The topological polar surface area (TPSA) is 77.7 Å². The Morgan fingerprint density at radius 1 is 1.14 bits per heavy atom. The highest BCUT2D eigenvalue weighted by atomic mass is 32.2. The molecule has 0 aliphatic heterocycles. The molecular weight excluding hydrogens is 408 g/mol. The normalized spacial score (nSPS) is 12.6. The van der Waals surface area contributed by atoms with Crippen LogP contribution in [0.1, 0.15) is 17.5 Å². The zero-order valence-electron chi connectivity index (χ0n) is 16.7.